The lowest BCUT2D eigenvalue weighted by Crippen LogP contribution is -2.31. The Kier molecular flexibility index (Phi) is 4.22. The van der Waals surface area contributed by atoms with Crippen molar-refractivity contribution >= 4 is 0 Å². The van der Waals surface area contributed by atoms with Gasteiger partial charge >= 0.3 is 6.18 Å². The number of hydrogen-bond donors (Lipinski definition) is 1. The third-order valence-corrected chi connectivity index (χ3v) is 2.37. The molecule has 1 aromatic rings. The van der Waals surface area contributed by atoms with E-state index in [1.165, 1.54) is 39.5 Å². The SMILES string of the molecule is CNC(c1ccc(OC)cc1OC)C(F)(F)F. The standard InChI is InChI=1S/C11H14F3NO2/c1-15-10(11(12,13)14)8-5-4-7(16-2)6-9(8)17-3/h4-6,10,15H,1-3H3. The lowest BCUT2D eigenvalue weighted by Gasteiger charge is -2.22. The normalized spacial score (nSPS) is 13.3. The van der Waals surface area contributed by atoms with Crippen LogP contribution in [-0.4, -0.2) is 27.4 Å². The van der Waals surface area contributed by atoms with Gasteiger partial charge in [-0.1, -0.05) is 0 Å². The summed E-state index contributed by atoms with van der Waals surface area (Å²) in [4.78, 5) is 0. The highest BCUT2D eigenvalue weighted by Crippen LogP contribution is 2.38. The molecule has 0 amide bonds. The van der Waals surface area contributed by atoms with E-state index in [0.717, 1.165) is 0 Å². The van der Waals surface area contributed by atoms with Crippen LogP contribution in [0.15, 0.2) is 18.2 Å². The van der Waals surface area contributed by atoms with Crippen LogP contribution in [0.1, 0.15) is 11.6 Å². The molecular weight excluding hydrogens is 235 g/mol. The summed E-state index contributed by atoms with van der Waals surface area (Å²) >= 11 is 0. The van der Waals surface area contributed by atoms with E-state index in [-0.39, 0.29) is 11.3 Å². The van der Waals surface area contributed by atoms with E-state index in [1.54, 1.807) is 0 Å². The average Bonchev–Trinajstić information content (AvgIpc) is 2.28. The van der Waals surface area contributed by atoms with Crippen molar-refractivity contribution in [2.24, 2.45) is 0 Å². The maximum Gasteiger partial charge on any atom is 0.408 e. The van der Waals surface area contributed by atoms with Crippen LogP contribution in [0, 0.1) is 0 Å². The lowest BCUT2D eigenvalue weighted by molar-refractivity contribution is -0.156. The van der Waals surface area contributed by atoms with E-state index >= 15 is 0 Å². The van der Waals surface area contributed by atoms with Crippen molar-refractivity contribution in [1.29, 1.82) is 0 Å². The first-order valence-electron chi connectivity index (χ1n) is 4.90. The van der Waals surface area contributed by atoms with E-state index in [4.69, 9.17) is 9.47 Å². The molecule has 0 fully saturated rings. The molecule has 0 aliphatic rings. The molecule has 1 rings (SSSR count). The number of halogens is 3. The summed E-state index contributed by atoms with van der Waals surface area (Å²) in [7, 11) is 4.01. The van der Waals surface area contributed by atoms with Crippen molar-refractivity contribution in [1.82, 2.24) is 5.32 Å². The maximum absolute atomic E-state index is 12.8. The molecule has 1 unspecified atom stereocenters. The smallest absolute Gasteiger partial charge is 0.408 e. The van der Waals surface area contributed by atoms with Gasteiger partial charge in [-0.05, 0) is 19.2 Å². The highest BCUT2D eigenvalue weighted by atomic mass is 19.4. The molecule has 1 atom stereocenters. The number of alkyl halides is 3. The van der Waals surface area contributed by atoms with Gasteiger partial charge in [-0.25, -0.2) is 0 Å². The molecule has 0 aromatic heterocycles. The fourth-order valence-electron chi connectivity index (χ4n) is 1.55. The lowest BCUT2D eigenvalue weighted by atomic mass is 10.1. The highest BCUT2D eigenvalue weighted by Gasteiger charge is 2.41. The van der Waals surface area contributed by atoms with Crippen molar-refractivity contribution in [3.63, 3.8) is 0 Å². The first-order chi connectivity index (χ1) is 7.93. The fraction of sp³-hybridized carbons (Fsp3) is 0.455. The van der Waals surface area contributed by atoms with Gasteiger partial charge in [-0.2, -0.15) is 13.2 Å². The Morgan fingerprint density at radius 3 is 2.24 bits per heavy atom. The number of rotatable bonds is 4. The zero-order chi connectivity index (χ0) is 13.1. The molecular formula is C11H14F3NO2. The molecule has 3 nitrogen and oxygen atoms in total. The van der Waals surface area contributed by atoms with Crippen molar-refractivity contribution < 1.29 is 22.6 Å². The molecule has 6 heteroatoms. The van der Waals surface area contributed by atoms with Gasteiger partial charge in [0, 0.05) is 11.6 Å². The van der Waals surface area contributed by atoms with Gasteiger partial charge in [-0.15, -0.1) is 0 Å². The van der Waals surface area contributed by atoms with E-state index < -0.39 is 12.2 Å². The quantitative estimate of drug-likeness (QED) is 0.889. The Morgan fingerprint density at radius 1 is 1.18 bits per heavy atom. The average molecular weight is 249 g/mol. The maximum atomic E-state index is 12.8. The minimum absolute atomic E-state index is 0.0308. The van der Waals surface area contributed by atoms with Crippen LogP contribution >= 0.6 is 0 Å². The molecule has 0 spiro atoms. The third kappa shape index (κ3) is 3.03. The molecule has 0 aliphatic heterocycles. The molecule has 0 saturated carbocycles. The van der Waals surface area contributed by atoms with Gasteiger partial charge in [0.2, 0.25) is 0 Å². The van der Waals surface area contributed by atoms with E-state index in [9.17, 15) is 13.2 Å². The van der Waals surface area contributed by atoms with Crippen LogP contribution in [0.5, 0.6) is 11.5 Å². The predicted octanol–water partition coefficient (Wildman–Crippen LogP) is 2.53. The number of methoxy groups -OCH3 is 2. The fourth-order valence-corrected chi connectivity index (χ4v) is 1.55. The summed E-state index contributed by atoms with van der Waals surface area (Å²) in [6, 6.07) is 2.47. The van der Waals surface area contributed by atoms with Crippen LogP contribution in [-0.2, 0) is 0 Å². The Balaban J connectivity index is 3.20. The van der Waals surface area contributed by atoms with E-state index in [2.05, 4.69) is 5.32 Å². The Bertz CT molecular complexity index is 379. The van der Waals surface area contributed by atoms with Crippen LogP contribution in [0.2, 0.25) is 0 Å². The van der Waals surface area contributed by atoms with Crippen LogP contribution in [0.25, 0.3) is 0 Å². The first-order valence-corrected chi connectivity index (χ1v) is 4.90. The minimum atomic E-state index is -4.38. The summed E-state index contributed by atoms with van der Waals surface area (Å²) in [5.74, 6) is 0.587. The summed E-state index contributed by atoms with van der Waals surface area (Å²) in [6.45, 7) is 0. The highest BCUT2D eigenvalue weighted by molar-refractivity contribution is 5.43. The summed E-state index contributed by atoms with van der Waals surface area (Å²) < 4.78 is 48.1. The number of ether oxygens (including phenoxy) is 2. The second kappa shape index (κ2) is 5.27. The van der Waals surface area contributed by atoms with Crippen LogP contribution < -0.4 is 14.8 Å². The third-order valence-electron chi connectivity index (χ3n) is 2.37. The van der Waals surface area contributed by atoms with Crippen LogP contribution in [0.3, 0.4) is 0 Å². The van der Waals surface area contributed by atoms with Gasteiger partial charge in [-0.3, -0.25) is 0 Å². The van der Waals surface area contributed by atoms with Crippen LogP contribution in [0.4, 0.5) is 13.2 Å². The van der Waals surface area contributed by atoms with E-state index in [0.29, 0.717) is 5.75 Å². The number of nitrogens with one attached hydrogen (secondary N) is 1. The zero-order valence-electron chi connectivity index (χ0n) is 9.76. The van der Waals surface area contributed by atoms with Crippen molar-refractivity contribution in [3.05, 3.63) is 23.8 Å². The summed E-state index contributed by atoms with van der Waals surface area (Å²) in [5, 5.41) is 2.22. The van der Waals surface area contributed by atoms with Gasteiger partial charge < -0.3 is 14.8 Å². The van der Waals surface area contributed by atoms with Gasteiger partial charge in [0.05, 0.1) is 14.2 Å². The molecule has 0 aliphatic carbocycles. The molecule has 0 bridgehead atoms. The minimum Gasteiger partial charge on any atom is -0.497 e. The van der Waals surface area contributed by atoms with Crippen molar-refractivity contribution in [2.45, 2.75) is 12.2 Å². The number of hydrogen-bond acceptors (Lipinski definition) is 3. The molecule has 0 radical (unpaired) electrons. The molecule has 0 heterocycles. The topological polar surface area (TPSA) is 30.5 Å². The summed E-state index contributed by atoms with van der Waals surface area (Å²) in [6.07, 6.45) is -4.38. The second-order valence-electron chi connectivity index (χ2n) is 3.37. The Hall–Kier alpha value is -1.43. The molecule has 1 N–H and O–H groups in total. The largest absolute Gasteiger partial charge is 0.497 e. The van der Waals surface area contributed by atoms with E-state index in [1.807, 2.05) is 0 Å². The van der Waals surface area contributed by atoms with Gasteiger partial charge in [0.25, 0.3) is 0 Å². The van der Waals surface area contributed by atoms with Crippen molar-refractivity contribution in [3.8, 4) is 11.5 Å². The van der Waals surface area contributed by atoms with Crippen molar-refractivity contribution in [2.75, 3.05) is 21.3 Å². The van der Waals surface area contributed by atoms with Gasteiger partial charge in [0.15, 0.2) is 0 Å². The van der Waals surface area contributed by atoms with Gasteiger partial charge in [0.1, 0.15) is 17.5 Å². The molecule has 17 heavy (non-hydrogen) atoms. The summed E-state index contributed by atoms with van der Waals surface area (Å²) in [5.41, 5.74) is 0.0308. The molecule has 96 valence electrons. The molecule has 0 saturated heterocycles. The Labute approximate surface area is 97.5 Å². The second-order valence-corrected chi connectivity index (χ2v) is 3.37. The monoisotopic (exact) mass is 249 g/mol. The first kappa shape index (κ1) is 13.6. The predicted molar refractivity (Wildman–Crippen MR) is 57.4 cm³/mol. The molecule has 1 aromatic carbocycles. The zero-order valence-corrected chi connectivity index (χ0v) is 9.76. The Morgan fingerprint density at radius 2 is 1.82 bits per heavy atom. The number of benzene rings is 1.